The molecule has 0 aromatic heterocycles. The van der Waals surface area contributed by atoms with E-state index in [9.17, 15) is 4.79 Å². The summed E-state index contributed by atoms with van der Waals surface area (Å²) in [5.74, 6) is -0.241. The van der Waals surface area contributed by atoms with Crippen molar-refractivity contribution in [1.82, 2.24) is 4.90 Å². The minimum absolute atomic E-state index is 0.109. The van der Waals surface area contributed by atoms with E-state index < -0.39 is 0 Å². The van der Waals surface area contributed by atoms with Crippen molar-refractivity contribution in [2.24, 2.45) is 0 Å². The van der Waals surface area contributed by atoms with Crippen molar-refractivity contribution >= 4 is 5.91 Å². The molecule has 4 aromatic carbocycles. The molecule has 154 valence electrons. The highest BCUT2D eigenvalue weighted by Gasteiger charge is 2.32. The monoisotopic (exact) mass is 405 g/mol. The summed E-state index contributed by atoms with van der Waals surface area (Å²) >= 11 is 0. The Hall–Kier alpha value is -3.65. The standard InChI is InChI=1S/C29H27NO/c1-2-30(28(25-19-11-5-12-20-25)26-21-13-6-14-22-26)29(31)27(23-15-7-3-8-16-23)24-17-9-4-10-18-24/h3-22,27-28H,2H2,1H3. The Bertz CT molecular complexity index is 1000. The molecule has 0 radical (unpaired) electrons. The van der Waals surface area contributed by atoms with Gasteiger partial charge in [-0.05, 0) is 29.2 Å². The number of carbonyl (C=O) groups excluding carboxylic acids is 1. The van der Waals surface area contributed by atoms with Gasteiger partial charge in [-0.15, -0.1) is 0 Å². The normalized spacial score (nSPS) is 10.9. The fraction of sp³-hybridized carbons (Fsp3) is 0.138. The molecule has 4 aromatic rings. The van der Waals surface area contributed by atoms with Crippen LogP contribution in [0.1, 0.15) is 41.1 Å². The highest BCUT2D eigenvalue weighted by Crippen LogP contribution is 2.34. The highest BCUT2D eigenvalue weighted by molar-refractivity contribution is 5.88. The average Bonchev–Trinajstić information content (AvgIpc) is 2.85. The Morgan fingerprint density at radius 2 is 0.903 bits per heavy atom. The predicted molar refractivity (Wildman–Crippen MR) is 127 cm³/mol. The topological polar surface area (TPSA) is 20.3 Å². The summed E-state index contributed by atoms with van der Waals surface area (Å²) in [6.45, 7) is 2.67. The number of amides is 1. The molecule has 0 saturated carbocycles. The second-order valence-electron chi connectivity index (χ2n) is 7.60. The first-order chi connectivity index (χ1) is 15.3. The Morgan fingerprint density at radius 3 is 1.23 bits per heavy atom. The van der Waals surface area contributed by atoms with Gasteiger partial charge < -0.3 is 4.90 Å². The summed E-state index contributed by atoms with van der Waals surface area (Å²) in [7, 11) is 0. The van der Waals surface area contributed by atoms with E-state index in [0.29, 0.717) is 6.54 Å². The van der Waals surface area contributed by atoms with Gasteiger partial charge in [0.25, 0.3) is 0 Å². The van der Waals surface area contributed by atoms with Crippen molar-refractivity contribution in [3.05, 3.63) is 144 Å². The molecule has 0 aliphatic heterocycles. The van der Waals surface area contributed by atoms with Gasteiger partial charge in [-0.25, -0.2) is 0 Å². The maximum atomic E-state index is 14.2. The van der Waals surface area contributed by atoms with Crippen LogP contribution < -0.4 is 0 Å². The smallest absolute Gasteiger partial charge is 0.235 e. The minimum atomic E-state index is -0.350. The van der Waals surface area contributed by atoms with Crippen LogP contribution >= 0.6 is 0 Å². The Labute approximate surface area is 184 Å². The van der Waals surface area contributed by atoms with Gasteiger partial charge in [0.05, 0.1) is 12.0 Å². The second kappa shape index (κ2) is 9.90. The van der Waals surface area contributed by atoms with Gasteiger partial charge >= 0.3 is 0 Å². The minimum Gasteiger partial charge on any atom is -0.331 e. The van der Waals surface area contributed by atoms with Gasteiger partial charge in [0.2, 0.25) is 5.91 Å². The molecule has 0 saturated heterocycles. The summed E-state index contributed by atoms with van der Waals surface area (Å²) in [5.41, 5.74) is 4.25. The fourth-order valence-electron chi connectivity index (χ4n) is 4.22. The average molecular weight is 406 g/mol. The maximum absolute atomic E-state index is 14.2. The van der Waals surface area contributed by atoms with E-state index >= 15 is 0 Å². The van der Waals surface area contributed by atoms with Gasteiger partial charge in [0.15, 0.2) is 0 Å². The number of likely N-dealkylation sites (N-methyl/N-ethyl adjacent to an activating group) is 1. The van der Waals surface area contributed by atoms with Crippen LogP contribution in [0.2, 0.25) is 0 Å². The van der Waals surface area contributed by atoms with Crippen molar-refractivity contribution in [2.75, 3.05) is 6.54 Å². The van der Waals surface area contributed by atoms with Crippen LogP contribution in [-0.4, -0.2) is 17.4 Å². The fourth-order valence-corrected chi connectivity index (χ4v) is 4.22. The first-order valence-corrected chi connectivity index (χ1v) is 10.8. The van der Waals surface area contributed by atoms with E-state index in [1.54, 1.807) is 0 Å². The molecular formula is C29H27NO. The molecule has 0 fully saturated rings. The summed E-state index contributed by atoms with van der Waals surface area (Å²) in [4.78, 5) is 16.2. The molecule has 0 aliphatic rings. The first kappa shape index (κ1) is 20.6. The SMILES string of the molecule is CCN(C(=O)C(c1ccccc1)c1ccccc1)C(c1ccccc1)c1ccccc1. The van der Waals surface area contributed by atoms with Gasteiger partial charge in [0.1, 0.15) is 0 Å². The molecular weight excluding hydrogens is 378 g/mol. The van der Waals surface area contributed by atoms with Crippen LogP contribution in [0.25, 0.3) is 0 Å². The van der Waals surface area contributed by atoms with Crippen LogP contribution in [0.3, 0.4) is 0 Å². The molecule has 2 heteroatoms. The van der Waals surface area contributed by atoms with Crippen molar-refractivity contribution in [3.63, 3.8) is 0 Å². The molecule has 0 N–H and O–H groups in total. The van der Waals surface area contributed by atoms with E-state index in [0.717, 1.165) is 22.3 Å². The molecule has 0 heterocycles. The van der Waals surface area contributed by atoms with Gasteiger partial charge in [0, 0.05) is 6.54 Å². The number of nitrogens with zero attached hydrogens (tertiary/aromatic N) is 1. The Kier molecular flexibility index (Phi) is 6.59. The molecule has 0 aliphatic carbocycles. The first-order valence-electron chi connectivity index (χ1n) is 10.8. The summed E-state index contributed by atoms with van der Waals surface area (Å²) < 4.78 is 0. The van der Waals surface area contributed by atoms with Crippen molar-refractivity contribution in [3.8, 4) is 0 Å². The zero-order valence-corrected chi connectivity index (χ0v) is 17.8. The van der Waals surface area contributed by atoms with Gasteiger partial charge in [-0.1, -0.05) is 121 Å². The van der Waals surface area contributed by atoms with Crippen molar-refractivity contribution in [1.29, 1.82) is 0 Å². The van der Waals surface area contributed by atoms with Crippen LogP contribution in [0.4, 0.5) is 0 Å². The second-order valence-corrected chi connectivity index (χ2v) is 7.60. The predicted octanol–water partition coefficient (Wildman–Crippen LogP) is 6.46. The number of rotatable bonds is 7. The number of hydrogen-bond donors (Lipinski definition) is 0. The van der Waals surface area contributed by atoms with Gasteiger partial charge in [-0.3, -0.25) is 4.79 Å². The van der Waals surface area contributed by atoms with Crippen molar-refractivity contribution < 1.29 is 4.79 Å². The van der Waals surface area contributed by atoms with E-state index in [2.05, 4.69) is 31.2 Å². The summed E-state index contributed by atoms with van der Waals surface area (Å²) in [6, 6.07) is 40.6. The number of hydrogen-bond acceptors (Lipinski definition) is 1. The van der Waals surface area contributed by atoms with E-state index in [1.165, 1.54) is 0 Å². The Morgan fingerprint density at radius 1 is 0.581 bits per heavy atom. The zero-order valence-electron chi connectivity index (χ0n) is 17.8. The lowest BCUT2D eigenvalue weighted by atomic mass is 9.88. The Balaban J connectivity index is 1.82. The summed E-state index contributed by atoms with van der Waals surface area (Å²) in [6.07, 6.45) is 0. The van der Waals surface area contributed by atoms with Crippen LogP contribution in [-0.2, 0) is 4.79 Å². The third-order valence-electron chi connectivity index (χ3n) is 5.68. The zero-order chi connectivity index (χ0) is 21.5. The van der Waals surface area contributed by atoms with Crippen LogP contribution in [0.5, 0.6) is 0 Å². The lowest BCUT2D eigenvalue weighted by molar-refractivity contribution is -0.133. The highest BCUT2D eigenvalue weighted by atomic mass is 16.2. The van der Waals surface area contributed by atoms with E-state index in [1.807, 2.05) is 102 Å². The molecule has 31 heavy (non-hydrogen) atoms. The van der Waals surface area contributed by atoms with Gasteiger partial charge in [-0.2, -0.15) is 0 Å². The van der Waals surface area contributed by atoms with E-state index in [-0.39, 0.29) is 17.9 Å². The molecule has 2 nitrogen and oxygen atoms in total. The van der Waals surface area contributed by atoms with Crippen LogP contribution in [0.15, 0.2) is 121 Å². The maximum Gasteiger partial charge on any atom is 0.235 e. The molecule has 4 rings (SSSR count). The van der Waals surface area contributed by atoms with E-state index in [4.69, 9.17) is 0 Å². The quantitative estimate of drug-likeness (QED) is 0.346. The summed E-state index contributed by atoms with van der Waals surface area (Å²) in [5, 5.41) is 0. The molecule has 0 bridgehead atoms. The van der Waals surface area contributed by atoms with Crippen LogP contribution in [0, 0.1) is 0 Å². The largest absolute Gasteiger partial charge is 0.331 e. The molecule has 1 amide bonds. The number of benzene rings is 4. The molecule has 0 spiro atoms. The number of carbonyl (C=O) groups is 1. The van der Waals surface area contributed by atoms with Crippen molar-refractivity contribution in [2.45, 2.75) is 18.9 Å². The lowest BCUT2D eigenvalue weighted by Gasteiger charge is -2.35. The third kappa shape index (κ3) is 4.59. The third-order valence-corrected chi connectivity index (χ3v) is 5.68. The molecule has 0 unspecified atom stereocenters. The molecule has 0 atom stereocenters. The lowest BCUT2D eigenvalue weighted by Crippen LogP contribution is -2.39.